The summed E-state index contributed by atoms with van der Waals surface area (Å²) < 4.78 is 15.7. The first-order valence-electron chi connectivity index (χ1n) is 13.3. The quantitative estimate of drug-likeness (QED) is 0.496. The average Bonchev–Trinajstić information content (AvgIpc) is 3.24. The number of fused-ring (bicyclic) bond motifs is 1. The Kier molecular flexibility index (Phi) is 4.90. The molecule has 180 valence electrons. The Balaban J connectivity index is 1.30. The molecule has 5 aliphatic rings. The van der Waals surface area contributed by atoms with Crippen LogP contribution < -0.4 is 5.32 Å². The van der Waals surface area contributed by atoms with Gasteiger partial charge in [0.1, 0.15) is 5.82 Å². The average molecular weight is 470 g/mol. The van der Waals surface area contributed by atoms with Gasteiger partial charge in [0.2, 0.25) is 0 Å². The van der Waals surface area contributed by atoms with Gasteiger partial charge in [0.25, 0.3) is 5.91 Å². The highest BCUT2D eigenvalue weighted by Gasteiger charge is 2.52. The van der Waals surface area contributed by atoms with Gasteiger partial charge in [0.15, 0.2) is 5.69 Å². The highest BCUT2D eigenvalue weighted by Crippen LogP contribution is 2.55. The number of hydrogen-bond acceptors (Lipinski definition) is 2. The van der Waals surface area contributed by atoms with E-state index in [1.807, 2.05) is 10.7 Å². The Morgan fingerprint density at radius 3 is 2.26 bits per heavy atom. The van der Waals surface area contributed by atoms with Crippen LogP contribution in [0.3, 0.4) is 0 Å². The number of hydrogen-bond donors (Lipinski definition) is 1. The molecule has 1 N–H and O–H groups in total. The van der Waals surface area contributed by atoms with Gasteiger partial charge in [-0.15, -0.1) is 0 Å². The van der Waals surface area contributed by atoms with E-state index in [1.165, 1.54) is 37.0 Å². The minimum absolute atomic E-state index is 0.0160. The third-order valence-electron chi connectivity index (χ3n) is 9.18. The monoisotopic (exact) mass is 469 g/mol. The van der Waals surface area contributed by atoms with Crippen LogP contribution in [0.15, 0.2) is 54.6 Å². The lowest BCUT2D eigenvalue weighted by atomic mass is 9.53. The Hall–Kier alpha value is -2.95. The van der Waals surface area contributed by atoms with Crippen LogP contribution in [0, 0.1) is 23.6 Å². The molecule has 0 radical (unpaired) electrons. The molecule has 3 aromatic rings. The second-order valence-corrected chi connectivity index (χ2v) is 11.6. The zero-order valence-corrected chi connectivity index (χ0v) is 20.1. The van der Waals surface area contributed by atoms with E-state index in [9.17, 15) is 9.18 Å². The lowest BCUT2D eigenvalue weighted by Gasteiger charge is -2.56. The standard InChI is InChI=1S/C30H32FN3O/c31-23-9-11-24(12-10-23)34-28-25(22-5-2-1-3-6-22)7-4-8-26(28)27(33-34)29(35)32-30-16-19-13-20(17-30)15-21(14-19)18-30/h1-3,5-6,9-12,19-21,25H,4,7-8,13-18H2,(H,32,35). The van der Waals surface area contributed by atoms with E-state index >= 15 is 0 Å². The van der Waals surface area contributed by atoms with Crippen molar-refractivity contribution in [1.29, 1.82) is 0 Å². The van der Waals surface area contributed by atoms with Gasteiger partial charge in [-0.05, 0) is 105 Å². The summed E-state index contributed by atoms with van der Waals surface area (Å²) in [6.07, 6.45) is 10.3. The van der Waals surface area contributed by atoms with E-state index in [1.54, 1.807) is 12.1 Å². The Morgan fingerprint density at radius 2 is 1.60 bits per heavy atom. The minimum Gasteiger partial charge on any atom is -0.345 e. The van der Waals surface area contributed by atoms with Gasteiger partial charge >= 0.3 is 0 Å². The Morgan fingerprint density at radius 1 is 0.943 bits per heavy atom. The van der Waals surface area contributed by atoms with Crippen molar-refractivity contribution in [2.45, 2.75) is 69.2 Å². The summed E-state index contributed by atoms with van der Waals surface area (Å²) in [7, 11) is 0. The molecule has 1 unspecified atom stereocenters. The number of nitrogens with one attached hydrogen (secondary N) is 1. The molecular formula is C30H32FN3O. The van der Waals surface area contributed by atoms with Crippen LogP contribution in [0.1, 0.15) is 84.6 Å². The molecule has 0 saturated heterocycles. The van der Waals surface area contributed by atoms with Crippen molar-refractivity contribution in [2.24, 2.45) is 17.8 Å². The van der Waals surface area contributed by atoms with Gasteiger partial charge in [0.05, 0.1) is 11.4 Å². The summed E-state index contributed by atoms with van der Waals surface area (Å²) in [6.45, 7) is 0. The molecule has 0 aliphatic heterocycles. The third kappa shape index (κ3) is 3.62. The topological polar surface area (TPSA) is 46.9 Å². The van der Waals surface area contributed by atoms with Crippen molar-refractivity contribution in [3.63, 3.8) is 0 Å². The Labute approximate surface area is 205 Å². The zero-order valence-electron chi connectivity index (χ0n) is 20.1. The maximum Gasteiger partial charge on any atom is 0.272 e. The first kappa shape index (κ1) is 21.3. The molecule has 2 aromatic carbocycles. The summed E-state index contributed by atoms with van der Waals surface area (Å²) in [5, 5.41) is 8.49. The Bertz CT molecular complexity index is 1230. The normalized spacial score (nSPS) is 30.8. The van der Waals surface area contributed by atoms with Crippen molar-refractivity contribution in [3.8, 4) is 5.69 Å². The van der Waals surface area contributed by atoms with E-state index in [0.717, 1.165) is 73.2 Å². The first-order valence-corrected chi connectivity index (χ1v) is 13.3. The number of nitrogens with zero attached hydrogens (tertiary/aromatic N) is 2. The van der Waals surface area contributed by atoms with Crippen LogP contribution in [0.4, 0.5) is 4.39 Å². The third-order valence-corrected chi connectivity index (χ3v) is 9.18. The molecule has 4 nitrogen and oxygen atoms in total. The number of benzene rings is 2. The maximum absolute atomic E-state index is 13.9. The molecule has 5 aliphatic carbocycles. The lowest BCUT2D eigenvalue weighted by molar-refractivity contribution is -0.0168. The number of amides is 1. The van der Waals surface area contributed by atoms with Gasteiger partial charge < -0.3 is 5.32 Å². The summed E-state index contributed by atoms with van der Waals surface area (Å²) in [6, 6.07) is 17.0. The van der Waals surface area contributed by atoms with Crippen molar-refractivity contribution in [3.05, 3.63) is 82.9 Å². The van der Waals surface area contributed by atoms with Crippen LogP contribution >= 0.6 is 0 Å². The predicted octanol–water partition coefficient (Wildman–Crippen LogP) is 6.18. The summed E-state index contributed by atoms with van der Waals surface area (Å²) in [5.74, 6) is 2.20. The van der Waals surface area contributed by atoms with Crippen molar-refractivity contribution in [1.82, 2.24) is 15.1 Å². The van der Waals surface area contributed by atoms with E-state index in [-0.39, 0.29) is 23.2 Å². The minimum atomic E-state index is -0.269. The number of halogens is 1. The summed E-state index contributed by atoms with van der Waals surface area (Å²) >= 11 is 0. The molecule has 1 atom stereocenters. The van der Waals surface area contributed by atoms with E-state index in [4.69, 9.17) is 5.10 Å². The number of rotatable bonds is 4. The molecule has 0 spiro atoms. The fourth-order valence-corrected chi connectivity index (χ4v) is 8.22. The van der Waals surface area contributed by atoms with Gasteiger partial charge in [-0.2, -0.15) is 5.10 Å². The van der Waals surface area contributed by atoms with Gasteiger partial charge in [-0.25, -0.2) is 9.07 Å². The van der Waals surface area contributed by atoms with E-state index < -0.39 is 0 Å². The largest absolute Gasteiger partial charge is 0.345 e. The number of carbonyl (C=O) groups excluding carboxylic acids is 1. The molecule has 1 heterocycles. The van der Waals surface area contributed by atoms with Crippen LogP contribution in [-0.2, 0) is 6.42 Å². The van der Waals surface area contributed by atoms with Gasteiger partial charge in [-0.1, -0.05) is 30.3 Å². The van der Waals surface area contributed by atoms with E-state index in [2.05, 4.69) is 29.6 Å². The fraction of sp³-hybridized carbons (Fsp3) is 0.467. The predicted molar refractivity (Wildman–Crippen MR) is 133 cm³/mol. The van der Waals surface area contributed by atoms with E-state index in [0.29, 0.717) is 5.69 Å². The molecule has 4 saturated carbocycles. The smallest absolute Gasteiger partial charge is 0.272 e. The zero-order chi connectivity index (χ0) is 23.6. The van der Waals surface area contributed by atoms with Crippen molar-refractivity contribution in [2.75, 3.05) is 0 Å². The molecule has 8 rings (SSSR count). The second kappa shape index (κ2) is 8.04. The SMILES string of the molecule is O=C(NC12CC3CC(CC(C3)C1)C2)c1nn(-c2ccc(F)cc2)c2c1CCCC2c1ccccc1. The molecule has 1 aromatic heterocycles. The van der Waals surface area contributed by atoms with Crippen LogP contribution in [0.2, 0.25) is 0 Å². The number of carbonyl (C=O) groups is 1. The van der Waals surface area contributed by atoms with Crippen LogP contribution in [0.25, 0.3) is 5.69 Å². The van der Waals surface area contributed by atoms with Gasteiger partial charge in [0, 0.05) is 17.0 Å². The van der Waals surface area contributed by atoms with Gasteiger partial charge in [-0.3, -0.25) is 4.79 Å². The van der Waals surface area contributed by atoms with Crippen molar-refractivity contribution < 1.29 is 9.18 Å². The van der Waals surface area contributed by atoms with Crippen LogP contribution in [0.5, 0.6) is 0 Å². The molecule has 5 heteroatoms. The molecule has 1 amide bonds. The molecule has 4 bridgehead atoms. The molecular weight excluding hydrogens is 437 g/mol. The summed E-state index contributed by atoms with van der Waals surface area (Å²) in [5.41, 5.74) is 4.72. The highest BCUT2D eigenvalue weighted by molar-refractivity contribution is 5.95. The summed E-state index contributed by atoms with van der Waals surface area (Å²) in [4.78, 5) is 13.9. The molecule has 4 fully saturated rings. The molecule has 35 heavy (non-hydrogen) atoms. The van der Waals surface area contributed by atoms with Crippen molar-refractivity contribution >= 4 is 5.91 Å². The highest BCUT2D eigenvalue weighted by atomic mass is 19.1. The second-order valence-electron chi connectivity index (χ2n) is 11.6. The fourth-order valence-electron chi connectivity index (χ4n) is 8.22. The number of aromatic nitrogens is 2. The maximum atomic E-state index is 13.9. The first-order chi connectivity index (χ1) is 17.1. The van der Waals surface area contributed by atoms with Crippen LogP contribution in [-0.4, -0.2) is 21.2 Å². The lowest BCUT2D eigenvalue weighted by Crippen LogP contribution is -2.60.